The van der Waals surface area contributed by atoms with Crippen LogP contribution in [0.25, 0.3) is 11.3 Å². The number of ether oxygens (including phenoxy) is 3. The van der Waals surface area contributed by atoms with Crippen LogP contribution in [-0.4, -0.2) is 43.4 Å². The number of methoxy groups -OCH3 is 1. The molecule has 1 aliphatic heterocycles. The number of halogens is 4. The van der Waals surface area contributed by atoms with Gasteiger partial charge in [0.2, 0.25) is 0 Å². The Balaban J connectivity index is 1.29. The Bertz CT molecular complexity index is 1420. The van der Waals surface area contributed by atoms with Gasteiger partial charge in [-0.3, -0.25) is 4.79 Å². The molecule has 2 heterocycles. The molecule has 40 heavy (non-hydrogen) atoms. The van der Waals surface area contributed by atoms with E-state index in [9.17, 15) is 22.4 Å². The van der Waals surface area contributed by atoms with Crippen molar-refractivity contribution in [2.45, 2.75) is 49.8 Å². The van der Waals surface area contributed by atoms with Gasteiger partial charge in [0.15, 0.2) is 11.5 Å². The number of amides is 1. The van der Waals surface area contributed by atoms with Crippen LogP contribution < -0.4 is 19.5 Å². The number of carbonyl (C=O) groups excluding carboxylic acids is 1. The topological polar surface area (TPSA) is 69.7 Å². The zero-order chi connectivity index (χ0) is 28.0. The number of nitrogens with one attached hydrogen (secondary N) is 1. The van der Waals surface area contributed by atoms with E-state index in [1.807, 2.05) is 0 Å². The summed E-state index contributed by atoms with van der Waals surface area (Å²) in [7, 11) is 1.51. The minimum absolute atomic E-state index is 0.0183. The van der Waals surface area contributed by atoms with Gasteiger partial charge in [-0.15, -0.1) is 0 Å². The number of nitrogens with zero attached hydrogens (tertiary/aromatic N) is 1. The van der Waals surface area contributed by atoms with Crippen LogP contribution in [0.3, 0.4) is 0 Å². The van der Waals surface area contributed by atoms with Crippen molar-refractivity contribution in [3.05, 3.63) is 71.2 Å². The summed E-state index contributed by atoms with van der Waals surface area (Å²) >= 11 is 0. The Labute approximate surface area is 228 Å². The second-order valence-electron chi connectivity index (χ2n) is 10.6. The minimum Gasteiger partial charge on any atom is -0.493 e. The third kappa shape index (κ3) is 5.44. The Kier molecular flexibility index (Phi) is 6.80. The molecule has 2 unspecified atom stereocenters. The van der Waals surface area contributed by atoms with E-state index in [-0.39, 0.29) is 47.4 Å². The van der Waals surface area contributed by atoms with Crippen molar-refractivity contribution in [2.75, 3.05) is 20.3 Å². The molecule has 6 rings (SSSR count). The maximum Gasteiger partial charge on any atom is 0.399 e. The van der Waals surface area contributed by atoms with Crippen molar-refractivity contribution in [3.63, 3.8) is 0 Å². The molecule has 3 aliphatic rings. The van der Waals surface area contributed by atoms with E-state index < -0.39 is 24.5 Å². The largest absolute Gasteiger partial charge is 0.493 e. The van der Waals surface area contributed by atoms with Crippen molar-refractivity contribution in [1.29, 1.82) is 0 Å². The highest BCUT2D eigenvalue weighted by molar-refractivity contribution is 5.95. The van der Waals surface area contributed by atoms with Crippen LogP contribution in [0, 0.1) is 11.7 Å². The van der Waals surface area contributed by atoms with E-state index in [1.54, 1.807) is 18.2 Å². The lowest BCUT2D eigenvalue weighted by atomic mass is 9.92. The molecule has 10 heteroatoms. The third-order valence-electron chi connectivity index (χ3n) is 7.60. The van der Waals surface area contributed by atoms with Gasteiger partial charge < -0.3 is 19.5 Å². The molecular weight excluding hydrogens is 528 g/mol. The molecule has 0 spiro atoms. The zero-order valence-electron chi connectivity index (χ0n) is 21.8. The van der Waals surface area contributed by atoms with E-state index in [4.69, 9.17) is 19.2 Å². The molecule has 0 bridgehead atoms. The Hall–Kier alpha value is -3.82. The lowest BCUT2D eigenvalue weighted by Gasteiger charge is -2.21. The Morgan fingerprint density at radius 1 is 1.07 bits per heavy atom. The van der Waals surface area contributed by atoms with Crippen LogP contribution in [-0.2, 0) is 0 Å². The van der Waals surface area contributed by atoms with Crippen molar-refractivity contribution < 1.29 is 36.6 Å². The van der Waals surface area contributed by atoms with Crippen molar-refractivity contribution in [3.8, 4) is 28.5 Å². The van der Waals surface area contributed by atoms with Gasteiger partial charge in [0.05, 0.1) is 13.2 Å². The van der Waals surface area contributed by atoms with Crippen LogP contribution in [0.2, 0.25) is 0 Å². The standard InChI is InChI=1S/C30H28F4N2O4/c1-38-26-12-18(6-11-25(26)40-20-9-10-20)29(37)35-14-22(16-2-3-16)24-13-21-23(30(32,33)34)15-39-28(21)27(36-24)17-4-7-19(31)8-5-17/h4-8,11-13,16,20,22-23H,2-3,9-10,14-15H2,1H3,(H,35,37). The number of hydrogen-bond acceptors (Lipinski definition) is 5. The average Bonchev–Trinajstić information content (AvgIpc) is 3.87. The fourth-order valence-electron chi connectivity index (χ4n) is 5.09. The molecule has 0 radical (unpaired) electrons. The highest BCUT2D eigenvalue weighted by atomic mass is 19.4. The predicted molar refractivity (Wildman–Crippen MR) is 138 cm³/mol. The average molecular weight is 557 g/mol. The van der Waals surface area contributed by atoms with Crippen LogP contribution in [0.4, 0.5) is 17.6 Å². The molecule has 3 aromatic rings. The molecule has 1 N–H and O–H groups in total. The molecule has 1 amide bonds. The first kappa shape index (κ1) is 26.4. The molecule has 2 saturated carbocycles. The lowest BCUT2D eigenvalue weighted by Crippen LogP contribution is -2.30. The van der Waals surface area contributed by atoms with Crippen LogP contribution >= 0.6 is 0 Å². The third-order valence-corrected chi connectivity index (χ3v) is 7.60. The number of carbonyl (C=O) groups is 1. The van der Waals surface area contributed by atoms with Gasteiger partial charge in [0, 0.05) is 34.8 Å². The van der Waals surface area contributed by atoms with Gasteiger partial charge in [-0.1, -0.05) is 0 Å². The monoisotopic (exact) mass is 556 g/mol. The molecule has 2 fully saturated rings. The zero-order valence-corrected chi connectivity index (χ0v) is 21.8. The number of rotatable bonds is 9. The second-order valence-corrected chi connectivity index (χ2v) is 10.6. The number of pyridine rings is 1. The van der Waals surface area contributed by atoms with E-state index >= 15 is 0 Å². The minimum atomic E-state index is -4.50. The summed E-state index contributed by atoms with van der Waals surface area (Å²) in [6.45, 7) is -0.344. The maximum atomic E-state index is 13.9. The van der Waals surface area contributed by atoms with Crippen LogP contribution in [0.15, 0.2) is 48.5 Å². The fraction of sp³-hybridized carbons (Fsp3) is 0.400. The molecule has 1 aromatic heterocycles. The summed E-state index contributed by atoms with van der Waals surface area (Å²) in [4.78, 5) is 17.8. The number of aromatic nitrogens is 1. The summed E-state index contributed by atoms with van der Waals surface area (Å²) in [6, 6.07) is 11.9. The molecule has 6 nitrogen and oxygen atoms in total. The Morgan fingerprint density at radius 2 is 1.82 bits per heavy atom. The molecule has 2 atom stereocenters. The smallest absolute Gasteiger partial charge is 0.399 e. The predicted octanol–water partition coefficient (Wildman–Crippen LogP) is 6.40. The molecule has 2 aromatic carbocycles. The van der Waals surface area contributed by atoms with Gasteiger partial charge in [0.25, 0.3) is 5.91 Å². The quantitative estimate of drug-likeness (QED) is 0.309. The van der Waals surface area contributed by atoms with E-state index in [1.165, 1.54) is 37.4 Å². The summed E-state index contributed by atoms with van der Waals surface area (Å²) in [5.74, 6) is -1.62. The second kappa shape index (κ2) is 10.3. The van der Waals surface area contributed by atoms with E-state index in [0.29, 0.717) is 28.3 Å². The number of hydrogen-bond donors (Lipinski definition) is 1. The van der Waals surface area contributed by atoms with Gasteiger partial charge in [-0.2, -0.15) is 13.2 Å². The molecular formula is C30H28F4N2O4. The lowest BCUT2D eigenvalue weighted by molar-refractivity contribution is -0.151. The van der Waals surface area contributed by atoms with Gasteiger partial charge in [-0.25, -0.2) is 9.37 Å². The van der Waals surface area contributed by atoms with E-state index in [2.05, 4.69) is 5.32 Å². The summed E-state index contributed by atoms with van der Waals surface area (Å²) in [6.07, 6.45) is -0.583. The summed E-state index contributed by atoms with van der Waals surface area (Å²) < 4.78 is 72.1. The fourth-order valence-corrected chi connectivity index (χ4v) is 5.09. The van der Waals surface area contributed by atoms with Crippen LogP contribution in [0.1, 0.15) is 59.1 Å². The maximum absolute atomic E-state index is 13.9. The number of benzene rings is 2. The molecule has 2 aliphatic carbocycles. The highest BCUT2D eigenvalue weighted by Crippen LogP contribution is 2.50. The van der Waals surface area contributed by atoms with Gasteiger partial charge in [0.1, 0.15) is 29.8 Å². The first-order valence-electron chi connectivity index (χ1n) is 13.3. The van der Waals surface area contributed by atoms with Gasteiger partial charge in [-0.05, 0) is 80.1 Å². The first-order valence-corrected chi connectivity index (χ1v) is 13.3. The van der Waals surface area contributed by atoms with Crippen LogP contribution in [0.5, 0.6) is 17.2 Å². The Morgan fingerprint density at radius 3 is 2.48 bits per heavy atom. The number of fused-ring (bicyclic) bond motifs is 1. The number of alkyl halides is 3. The van der Waals surface area contributed by atoms with Crippen molar-refractivity contribution >= 4 is 5.91 Å². The summed E-state index contributed by atoms with van der Waals surface area (Å²) in [5.41, 5.74) is 1.55. The van der Waals surface area contributed by atoms with E-state index in [0.717, 1.165) is 25.7 Å². The van der Waals surface area contributed by atoms with Gasteiger partial charge >= 0.3 is 6.18 Å². The first-order chi connectivity index (χ1) is 19.2. The highest BCUT2D eigenvalue weighted by Gasteiger charge is 2.47. The van der Waals surface area contributed by atoms with Crippen molar-refractivity contribution in [2.24, 2.45) is 5.92 Å². The SMILES string of the molecule is COc1cc(C(=O)NCC(c2cc3c(c(-c4ccc(F)cc4)n2)OCC3C(F)(F)F)C2CC2)ccc1OC1CC1. The molecule has 210 valence electrons. The summed E-state index contributed by atoms with van der Waals surface area (Å²) in [5, 5.41) is 2.94. The normalized spacial score (nSPS) is 19.0. The molecule has 0 saturated heterocycles. The van der Waals surface area contributed by atoms with Crippen molar-refractivity contribution in [1.82, 2.24) is 10.3 Å².